The average Bonchev–Trinajstić information content (AvgIpc) is 2.18. The van der Waals surface area contributed by atoms with E-state index in [1.807, 2.05) is 0 Å². The van der Waals surface area contributed by atoms with E-state index in [9.17, 15) is 9.18 Å². The number of nitrogens with one attached hydrogen (secondary N) is 2. The molecule has 15 heavy (non-hydrogen) atoms. The highest BCUT2D eigenvalue weighted by Crippen LogP contribution is 2.18. The molecule has 1 aromatic rings. The first-order valence-corrected chi connectivity index (χ1v) is 4.91. The van der Waals surface area contributed by atoms with Crippen LogP contribution in [-0.2, 0) is 0 Å². The lowest BCUT2D eigenvalue weighted by molar-refractivity contribution is 0.0950. The van der Waals surface area contributed by atoms with Gasteiger partial charge in [0.05, 0.1) is 10.6 Å². The van der Waals surface area contributed by atoms with Crippen molar-refractivity contribution in [3.8, 4) is 0 Å². The largest absolute Gasteiger partial charge is 0.351 e. The molecule has 0 heterocycles. The molecule has 0 fully saturated rings. The van der Waals surface area contributed by atoms with Crippen LogP contribution in [0.15, 0.2) is 18.2 Å². The Morgan fingerprint density at radius 3 is 2.80 bits per heavy atom. The molecule has 5 heteroatoms. The number of hydrogen-bond donors (Lipinski definition) is 2. The van der Waals surface area contributed by atoms with Gasteiger partial charge < -0.3 is 10.6 Å². The van der Waals surface area contributed by atoms with Crippen molar-refractivity contribution in [3.63, 3.8) is 0 Å². The van der Waals surface area contributed by atoms with Crippen molar-refractivity contribution in [2.24, 2.45) is 0 Å². The molecule has 0 unspecified atom stereocenters. The zero-order valence-corrected chi connectivity index (χ0v) is 9.07. The molecular weight excluding hydrogens is 219 g/mol. The van der Waals surface area contributed by atoms with Crippen molar-refractivity contribution < 1.29 is 9.18 Å². The maximum Gasteiger partial charge on any atom is 0.255 e. The molecule has 2 N–H and O–H groups in total. The van der Waals surface area contributed by atoms with E-state index in [1.54, 1.807) is 7.05 Å². The predicted octanol–water partition coefficient (Wildman–Crippen LogP) is 1.43. The summed E-state index contributed by atoms with van der Waals surface area (Å²) < 4.78 is 13.2. The molecule has 0 spiro atoms. The lowest BCUT2D eigenvalue weighted by Crippen LogP contribution is -2.31. The standard InChI is InChI=1S/C10H12ClFN2O/c1-13-5-6-14-10(15)9-7(11)3-2-4-8(9)12/h2-4,13H,5-6H2,1H3,(H,14,15). The van der Waals surface area contributed by atoms with E-state index in [0.29, 0.717) is 13.1 Å². The quantitative estimate of drug-likeness (QED) is 0.769. The Hall–Kier alpha value is -1.13. The van der Waals surface area contributed by atoms with Gasteiger partial charge in [0.15, 0.2) is 0 Å². The molecule has 1 amide bonds. The van der Waals surface area contributed by atoms with Crippen LogP contribution in [0.4, 0.5) is 4.39 Å². The molecule has 0 radical (unpaired) electrons. The highest BCUT2D eigenvalue weighted by molar-refractivity contribution is 6.33. The Balaban J connectivity index is 2.73. The fourth-order valence-electron chi connectivity index (χ4n) is 1.10. The molecule has 0 aliphatic carbocycles. The number of amides is 1. The molecule has 1 rings (SSSR count). The van der Waals surface area contributed by atoms with E-state index in [-0.39, 0.29) is 10.6 Å². The van der Waals surface area contributed by atoms with Crippen LogP contribution in [0.25, 0.3) is 0 Å². The Kier molecular flexibility index (Phi) is 4.52. The van der Waals surface area contributed by atoms with Gasteiger partial charge in [-0.25, -0.2) is 4.39 Å². The minimum Gasteiger partial charge on any atom is -0.351 e. The molecule has 0 aliphatic heterocycles. The number of rotatable bonds is 4. The zero-order chi connectivity index (χ0) is 11.3. The van der Waals surface area contributed by atoms with E-state index < -0.39 is 11.7 Å². The van der Waals surface area contributed by atoms with Gasteiger partial charge in [0.25, 0.3) is 5.91 Å². The van der Waals surface area contributed by atoms with Crippen molar-refractivity contribution >= 4 is 17.5 Å². The Morgan fingerprint density at radius 1 is 1.47 bits per heavy atom. The maximum absolute atomic E-state index is 13.2. The van der Waals surface area contributed by atoms with Gasteiger partial charge in [0, 0.05) is 13.1 Å². The number of carbonyl (C=O) groups excluding carboxylic acids is 1. The Morgan fingerprint density at radius 2 is 2.20 bits per heavy atom. The second-order valence-electron chi connectivity index (χ2n) is 2.96. The summed E-state index contributed by atoms with van der Waals surface area (Å²) in [5.74, 6) is -1.10. The highest BCUT2D eigenvalue weighted by atomic mass is 35.5. The predicted molar refractivity (Wildman–Crippen MR) is 57.7 cm³/mol. The van der Waals surface area contributed by atoms with Crippen LogP contribution >= 0.6 is 11.6 Å². The number of halogens is 2. The van der Waals surface area contributed by atoms with Crippen LogP contribution in [0.1, 0.15) is 10.4 Å². The van der Waals surface area contributed by atoms with E-state index in [4.69, 9.17) is 11.6 Å². The molecule has 0 aliphatic rings. The van der Waals surface area contributed by atoms with Gasteiger partial charge in [-0.2, -0.15) is 0 Å². The number of hydrogen-bond acceptors (Lipinski definition) is 2. The summed E-state index contributed by atoms with van der Waals surface area (Å²) in [4.78, 5) is 11.5. The van der Waals surface area contributed by atoms with Crippen LogP contribution < -0.4 is 10.6 Å². The molecule has 0 aromatic heterocycles. The van der Waals surface area contributed by atoms with Gasteiger partial charge in [-0.05, 0) is 19.2 Å². The van der Waals surface area contributed by atoms with Gasteiger partial charge in [-0.1, -0.05) is 17.7 Å². The van der Waals surface area contributed by atoms with Gasteiger partial charge in [-0.15, -0.1) is 0 Å². The molecule has 0 bridgehead atoms. The summed E-state index contributed by atoms with van der Waals surface area (Å²) in [7, 11) is 1.77. The summed E-state index contributed by atoms with van der Waals surface area (Å²) in [6, 6.07) is 4.15. The lowest BCUT2D eigenvalue weighted by Gasteiger charge is -2.06. The molecular formula is C10H12ClFN2O. The molecule has 3 nitrogen and oxygen atoms in total. The summed E-state index contributed by atoms with van der Waals surface area (Å²) in [5, 5.41) is 5.54. The van der Waals surface area contributed by atoms with Gasteiger partial charge >= 0.3 is 0 Å². The number of carbonyl (C=O) groups is 1. The topological polar surface area (TPSA) is 41.1 Å². The second-order valence-corrected chi connectivity index (χ2v) is 3.36. The minimum atomic E-state index is -0.607. The van der Waals surface area contributed by atoms with Gasteiger partial charge in [0.2, 0.25) is 0 Å². The zero-order valence-electron chi connectivity index (χ0n) is 8.31. The third-order valence-electron chi connectivity index (χ3n) is 1.85. The third kappa shape index (κ3) is 3.18. The molecule has 0 saturated heterocycles. The summed E-state index contributed by atoms with van der Waals surface area (Å²) in [5.41, 5.74) is -0.102. The minimum absolute atomic E-state index is 0.102. The van der Waals surface area contributed by atoms with Crippen LogP contribution in [-0.4, -0.2) is 26.0 Å². The van der Waals surface area contributed by atoms with Crippen LogP contribution in [0.2, 0.25) is 5.02 Å². The molecule has 82 valence electrons. The SMILES string of the molecule is CNCCNC(=O)c1c(F)cccc1Cl. The van der Waals surface area contributed by atoms with Crippen LogP contribution in [0.5, 0.6) is 0 Å². The number of benzene rings is 1. The smallest absolute Gasteiger partial charge is 0.255 e. The van der Waals surface area contributed by atoms with Gasteiger partial charge in [0.1, 0.15) is 5.82 Å². The van der Waals surface area contributed by atoms with Gasteiger partial charge in [-0.3, -0.25) is 4.79 Å². The van der Waals surface area contributed by atoms with E-state index >= 15 is 0 Å². The van der Waals surface area contributed by atoms with Crippen LogP contribution in [0.3, 0.4) is 0 Å². The van der Waals surface area contributed by atoms with Crippen molar-refractivity contribution in [1.82, 2.24) is 10.6 Å². The van der Waals surface area contributed by atoms with E-state index in [0.717, 1.165) is 0 Å². The summed E-state index contributed by atoms with van der Waals surface area (Å²) >= 11 is 5.72. The first-order valence-electron chi connectivity index (χ1n) is 4.53. The van der Waals surface area contributed by atoms with Crippen LogP contribution in [0, 0.1) is 5.82 Å². The molecule has 0 atom stereocenters. The van der Waals surface area contributed by atoms with Crippen molar-refractivity contribution in [1.29, 1.82) is 0 Å². The van der Waals surface area contributed by atoms with Crippen molar-refractivity contribution in [2.75, 3.05) is 20.1 Å². The fraction of sp³-hybridized carbons (Fsp3) is 0.300. The highest BCUT2D eigenvalue weighted by Gasteiger charge is 2.14. The fourth-order valence-corrected chi connectivity index (χ4v) is 1.35. The summed E-state index contributed by atoms with van der Waals surface area (Å²) in [6.07, 6.45) is 0. The Labute approximate surface area is 92.6 Å². The first-order chi connectivity index (χ1) is 7.16. The maximum atomic E-state index is 13.2. The number of likely N-dealkylation sites (N-methyl/N-ethyl adjacent to an activating group) is 1. The molecule has 0 saturated carbocycles. The first kappa shape index (κ1) is 11.9. The second kappa shape index (κ2) is 5.68. The average molecular weight is 231 g/mol. The summed E-state index contributed by atoms with van der Waals surface area (Å²) in [6.45, 7) is 1.05. The lowest BCUT2D eigenvalue weighted by atomic mass is 10.2. The van der Waals surface area contributed by atoms with Crippen molar-refractivity contribution in [3.05, 3.63) is 34.6 Å². The normalized spacial score (nSPS) is 10.1. The molecule has 1 aromatic carbocycles. The third-order valence-corrected chi connectivity index (χ3v) is 2.17. The van der Waals surface area contributed by atoms with Crippen molar-refractivity contribution in [2.45, 2.75) is 0 Å². The van der Waals surface area contributed by atoms with E-state index in [2.05, 4.69) is 10.6 Å². The Bertz CT molecular complexity index is 337. The monoisotopic (exact) mass is 230 g/mol. The van der Waals surface area contributed by atoms with E-state index in [1.165, 1.54) is 18.2 Å².